The first-order valence-corrected chi connectivity index (χ1v) is 4.24. The second-order valence-electron chi connectivity index (χ2n) is 3.15. The lowest BCUT2D eigenvalue weighted by Crippen LogP contribution is -2.27. The summed E-state index contributed by atoms with van der Waals surface area (Å²) < 4.78 is 4.80. The highest BCUT2D eigenvalue weighted by Gasteiger charge is 2.29. The van der Waals surface area contributed by atoms with Crippen molar-refractivity contribution >= 4 is 5.97 Å². The van der Waals surface area contributed by atoms with Crippen molar-refractivity contribution < 1.29 is 9.53 Å². The number of hydrogen-bond acceptors (Lipinski definition) is 2. The van der Waals surface area contributed by atoms with Crippen LogP contribution in [0.25, 0.3) is 0 Å². The zero-order valence-electron chi connectivity index (χ0n) is 7.17. The normalized spacial score (nSPS) is 20.5. The lowest BCUT2D eigenvalue weighted by atomic mass is 9.77. The molecule has 11 heavy (non-hydrogen) atoms. The Labute approximate surface area is 67.9 Å². The van der Waals surface area contributed by atoms with Gasteiger partial charge in [0.2, 0.25) is 0 Å². The molecule has 1 aliphatic rings. The van der Waals surface area contributed by atoms with E-state index in [-0.39, 0.29) is 11.9 Å². The molecule has 0 aliphatic heterocycles. The molecule has 63 valence electrons. The van der Waals surface area contributed by atoms with Gasteiger partial charge in [0.05, 0.1) is 5.92 Å². The number of carbonyl (C=O) groups is 1. The standard InChI is InChI=1S/C9H15O2/c1-3-11-9(10)7(2)8-5-4-6-8/h3,7-8H,4-6H2,1-2H3. The summed E-state index contributed by atoms with van der Waals surface area (Å²) in [6, 6.07) is 0. The maximum atomic E-state index is 11.1. The van der Waals surface area contributed by atoms with Gasteiger partial charge >= 0.3 is 5.97 Å². The predicted molar refractivity (Wildman–Crippen MR) is 42.6 cm³/mol. The fourth-order valence-electron chi connectivity index (χ4n) is 1.36. The molecule has 1 radical (unpaired) electrons. The van der Waals surface area contributed by atoms with E-state index in [4.69, 9.17) is 4.74 Å². The molecule has 2 nitrogen and oxygen atoms in total. The van der Waals surface area contributed by atoms with Gasteiger partial charge in [0.1, 0.15) is 6.61 Å². The van der Waals surface area contributed by atoms with Gasteiger partial charge < -0.3 is 4.74 Å². The first kappa shape index (κ1) is 8.57. The maximum Gasteiger partial charge on any atom is 0.309 e. The molecule has 1 saturated carbocycles. The summed E-state index contributed by atoms with van der Waals surface area (Å²) in [5.41, 5.74) is 0. The van der Waals surface area contributed by atoms with Gasteiger partial charge in [0.25, 0.3) is 0 Å². The monoisotopic (exact) mass is 155 g/mol. The molecule has 0 spiro atoms. The Hall–Kier alpha value is -0.530. The summed E-state index contributed by atoms with van der Waals surface area (Å²) in [5.74, 6) is 0.611. The second kappa shape index (κ2) is 3.74. The van der Waals surface area contributed by atoms with Gasteiger partial charge in [-0.2, -0.15) is 0 Å². The third-order valence-electron chi connectivity index (χ3n) is 2.46. The highest BCUT2D eigenvalue weighted by atomic mass is 16.5. The molecule has 0 aromatic heterocycles. The highest BCUT2D eigenvalue weighted by molar-refractivity contribution is 5.72. The smallest absolute Gasteiger partial charge is 0.309 e. The molecule has 0 bridgehead atoms. The minimum Gasteiger partial charge on any atom is -0.459 e. The van der Waals surface area contributed by atoms with Gasteiger partial charge in [-0.1, -0.05) is 13.3 Å². The van der Waals surface area contributed by atoms with E-state index in [1.54, 1.807) is 6.92 Å². The second-order valence-corrected chi connectivity index (χ2v) is 3.15. The van der Waals surface area contributed by atoms with Crippen LogP contribution in [0.5, 0.6) is 0 Å². The van der Waals surface area contributed by atoms with E-state index in [0.29, 0.717) is 5.92 Å². The van der Waals surface area contributed by atoms with Crippen molar-refractivity contribution in [1.29, 1.82) is 0 Å². The Morgan fingerprint density at radius 3 is 2.64 bits per heavy atom. The largest absolute Gasteiger partial charge is 0.459 e. The topological polar surface area (TPSA) is 26.3 Å². The van der Waals surface area contributed by atoms with Crippen LogP contribution >= 0.6 is 0 Å². The van der Waals surface area contributed by atoms with Crippen LogP contribution in [0.2, 0.25) is 0 Å². The van der Waals surface area contributed by atoms with E-state index in [9.17, 15) is 4.79 Å². The van der Waals surface area contributed by atoms with Crippen molar-refractivity contribution in [3.05, 3.63) is 6.61 Å². The van der Waals surface area contributed by atoms with Gasteiger partial charge in [0.15, 0.2) is 0 Å². The zero-order valence-corrected chi connectivity index (χ0v) is 7.17. The average Bonchev–Trinajstić information content (AvgIpc) is 1.84. The van der Waals surface area contributed by atoms with Crippen LogP contribution in [0.1, 0.15) is 33.1 Å². The molecule has 0 N–H and O–H groups in total. The first-order chi connectivity index (χ1) is 5.25. The minimum absolute atomic E-state index is 0.0720. The Morgan fingerprint density at radius 1 is 1.64 bits per heavy atom. The number of rotatable bonds is 3. The predicted octanol–water partition coefficient (Wildman–Crippen LogP) is 2.15. The van der Waals surface area contributed by atoms with Gasteiger partial charge in [-0.15, -0.1) is 0 Å². The van der Waals surface area contributed by atoms with Crippen molar-refractivity contribution in [1.82, 2.24) is 0 Å². The molecular formula is C9H15O2. The Balaban J connectivity index is 2.27. The van der Waals surface area contributed by atoms with E-state index in [2.05, 4.69) is 0 Å². The molecule has 1 unspecified atom stereocenters. The van der Waals surface area contributed by atoms with Crippen LogP contribution in [0.3, 0.4) is 0 Å². The van der Waals surface area contributed by atoms with E-state index in [0.717, 1.165) is 0 Å². The fraction of sp³-hybridized carbons (Fsp3) is 0.778. The van der Waals surface area contributed by atoms with Gasteiger partial charge in [-0.25, -0.2) is 0 Å². The van der Waals surface area contributed by atoms with E-state index in [1.807, 2.05) is 6.92 Å². The molecule has 1 fully saturated rings. The quantitative estimate of drug-likeness (QED) is 0.584. The average molecular weight is 155 g/mol. The van der Waals surface area contributed by atoms with Gasteiger partial charge in [-0.05, 0) is 25.7 Å². The fourth-order valence-corrected chi connectivity index (χ4v) is 1.36. The first-order valence-electron chi connectivity index (χ1n) is 4.24. The van der Waals surface area contributed by atoms with Crippen LogP contribution in [0.4, 0.5) is 0 Å². The maximum absolute atomic E-state index is 11.1. The Kier molecular flexibility index (Phi) is 2.92. The third kappa shape index (κ3) is 1.95. The molecule has 0 heterocycles. The van der Waals surface area contributed by atoms with Crippen molar-refractivity contribution in [2.45, 2.75) is 33.1 Å². The molecule has 1 aliphatic carbocycles. The van der Waals surface area contributed by atoms with Crippen LogP contribution in [0, 0.1) is 18.4 Å². The highest BCUT2D eigenvalue weighted by Crippen LogP contribution is 2.33. The zero-order chi connectivity index (χ0) is 8.27. The summed E-state index contributed by atoms with van der Waals surface area (Å²) in [5, 5.41) is 0. The lowest BCUT2D eigenvalue weighted by molar-refractivity contribution is -0.147. The van der Waals surface area contributed by atoms with Crippen molar-refractivity contribution in [3.63, 3.8) is 0 Å². The molecule has 2 heteroatoms. The van der Waals surface area contributed by atoms with E-state index in [1.165, 1.54) is 25.9 Å². The van der Waals surface area contributed by atoms with Crippen LogP contribution in [-0.4, -0.2) is 5.97 Å². The number of ether oxygens (including phenoxy) is 1. The van der Waals surface area contributed by atoms with Crippen molar-refractivity contribution in [3.8, 4) is 0 Å². The third-order valence-corrected chi connectivity index (χ3v) is 2.46. The Morgan fingerprint density at radius 2 is 2.27 bits per heavy atom. The summed E-state index contributed by atoms with van der Waals surface area (Å²) in [6.45, 7) is 5.14. The van der Waals surface area contributed by atoms with Gasteiger partial charge in [-0.3, -0.25) is 4.79 Å². The molecule has 1 atom stereocenters. The lowest BCUT2D eigenvalue weighted by Gasteiger charge is -2.29. The van der Waals surface area contributed by atoms with Crippen molar-refractivity contribution in [2.75, 3.05) is 0 Å². The summed E-state index contributed by atoms with van der Waals surface area (Å²) in [7, 11) is 0. The molecule has 0 aromatic rings. The number of hydrogen-bond donors (Lipinski definition) is 0. The molecule has 0 saturated heterocycles. The minimum atomic E-state index is -0.0720. The number of esters is 1. The summed E-state index contributed by atoms with van der Waals surface area (Å²) in [4.78, 5) is 11.1. The van der Waals surface area contributed by atoms with E-state index >= 15 is 0 Å². The molecule has 0 amide bonds. The Bertz CT molecular complexity index is 138. The van der Waals surface area contributed by atoms with Crippen LogP contribution < -0.4 is 0 Å². The summed E-state index contributed by atoms with van der Waals surface area (Å²) in [6.07, 6.45) is 3.66. The van der Waals surface area contributed by atoms with Crippen LogP contribution in [-0.2, 0) is 9.53 Å². The number of carbonyl (C=O) groups excluding carboxylic acids is 1. The van der Waals surface area contributed by atoms with Gasteiger partial charge in [0, 0.05) is 0 Å². The molecule has 0 aromatic carbocycles. The van der Waals surface area contributed by atoms with Crippen LogP contribution in [0.15, 0.2) is 0 Å². The van der Waals surface area contributed by atoms with E-state index < -0.39 is 0 Å². The molecule has 1 rings (SSSR count). The molecular weight excluding hydrogens is 140 g/mol. The summed E-state index contributed by atoms with van der Waals surface area (Å²) >= 11 is 0. The van der Waals surface area contributed by atoms with Crippen molar-refractivity contribution in [2.24, 2.45) is 11.8 Å². The SMILES string of the molecule is C[CH]OC(=O)C(C)C1CCC1.